The molecule has 0 radical (unpaired) electrons. The Balaban J connectivity index is 2.49. The van der Waals surface area contributed by atoms with Gasteiger partial charge in [0.25, 0.3) is 0 Å². The Morgan fingerprint density at radius 2 is 2.00 bits per heavy atom. The highest BCUT2D eigenvalue weighted by atomic mass is 16.6. The topological polar surface area (TPSA) is 46.5 Å². The van der Waals surface area contributed by atoms with Crippen molar-refractivity contribution < 1.29 is 14.6 Å². The zero-order valence-electron chi connectivity index (χ0n) is 13.9. The number of esters is 1. The molecule has 0 saturated heterocycles. The van der Waals surface area contributed by atoms with Crippen LogP contribution in [-0.2, 0) is 9.53 Å². The van der Waals surface area contributed by atoms with Gasteiger partial charge in [-0.3, -0.25) is 4.79 Å². The molecule has 1 rings (SSSR count). The van der Waals surface area contributed by atoms with E-state index in [4.69, 9.17) is 4.74 Å². The average molecular weight is 316 g/mol. The van der Waals surface area contributed by atoms with Crippen LogP contribution in [0.5, 0.6) is 0 Å². The summed E-state index contributed by atoms with van der Waals surface area (Å²) in [5.41, 5.74) is 0. The number of rotatable bonds is 6. The Morgan fingerprint density at radius 3 is 2.83 bits per heavy atom. The molecule has 1 aliphatic heterocycles. The van der Waals surface area contributed by atoms with Crippen LogP contribution in [0, 0.1) is 0 Å². The van der Waals surface area contributed by atoms with Crippen molar-refractivity contribution in [1.29, 1.82) is 0 Å². The summed E-state index contributed by atoms with van der Waals surface area (Å²) >= 11 is 0. The summed E-state index contributed by atoms with van der Waals surface area (Å²) < 4.78 is 5.34. The first-order chi connectivity index (χ1) is 11.2. The van der Waals surface area contributed by atoms with E-state index in [-0.39, 0.29) is 5.97 Å². The van der Waals surface area contributed by atoms with Gasteiger partial charge in [-0.15, -0.1) is 0 Å². The number of carbonyl (C=O) groups excluding carboxylic acids is 1. The number of ether oxygens (including phenoxy) is 1. The van der Waals surface area contributed by atoms with Gasteiger partial charge in [-0.2, -0.15) is 0 Å². The highest BCUT2D eigenvalue weighted by molar-refractivity contribution is 5.69. The third-order valence-corrected chi connectivity index (χ3v) is 3.39. The van der Waals surface area contributed by atoms with Crippen molar-refractivity contribution >= 4 is 5.97 Å². The number of hydrogen-bond donors (Lipinski definition) is 1. The van der Waals surface area contributed by atoms with Crippen LogP contribution in [0.25, 0.3) is 0 Å². The van der Waals surface area contributed by atoms with Crippen molar-refractivity contribution in [2.75, 3.05) is 0 Å². The molecule has 1 N–H and O–H groups in total. The predicted molar refractivity (Wildman–Crippen MR) is 95.0 cm³/mol. The molecule has 0 fully saturated rings. The van der Waals surface area contributed by atoms with Crippen molar-refractivity contribution in [3.63, 3.8) is 0 Å². The number of cyclic esters (lactones) is 1. The maximum Gasteiger partial charge on any atom is 0.306 e. The molecule has 3 heteroatoms. The van der Waals surface area contributed by atoms with Gasteiger partial charge >= 0.3 is 5.97 Å². The molecule has 0 aromatic rings. The van der Waals surface area contributed by atoms with Gasteiger partial charge in [-0.1, -0.05) is 61.6 Å². The monoisotopic (exact) mass is 316 g/mol. The maximum absolute atomic E-state index is 11.7. The van der Waals surface area contributed by atoms with Gasteiger partial charge in [0.05, 0.1) is 6.10 Å². The molecule has 126 valence electrons. The van der Waals surface area contributed by atoms with Gasteiger partial charge < -0.3 is 9.84 Å². The van der Waals surface area contributed by atoms with Crippen LogP contribution in [0.4, 0.5) is 0 Å². The van der Waals surface area contributed by atoms with Crippen molar-refractivity contribution in [3.8, 4) is 0 Å². The Labute approximate surface area is 139 Å². The Kier molecular flexibility index (Phi) is 10.5. The fourth-order valence-electron chi connectivity index (χ4n) is 2.11. The lowest BCUT2D eigenvalue weighted by Gasteiger charge is -2.20. The molecule has 0 saturated carbocycles. The summed E-state index contributed by atoms with van der Waals surface area (Å²) in [4.78, 5) is 11.7. The van der Waals surface area contributed by atoms with Crippen molar-refractivity contribution in [1.82, 2.24) is 0 Å². The Bertz CT molecular complexity index is 469. The van der Waals surface area contributed by atoms with E-state index < -0.39 is 12.2 Å². The number of hydrogen-bond acceptors (Lipinski definition) is 3. The van der Waals surface area contributed by atoms with Gasteiger partial charge in [0.2, 0.25) is 0 Å². The van der Waals surface area contributed by atoms with Gasteiger partial charge in [-0.25, -0.2) is 0 Å². The molecule has 3 nitrogen and oxygen atoms in total. The van der Waals surface area contributed by atoms with Crippen LogP contribution in [0.1, 0.15) is 45.4 Å². The molecule has 0 amide bonds. The standard InChI is InChI=1S/C20H28O3/c1-2-3-4-5-6-7-8-9-13-16-19-18(21)15-12-10-11-14-17-20(22)23-19/h3-4,6-10,12-13,16,18-19,21H,2,5,11,14-15,17H2,1H3/b4-3-,7-6+,9-8+,12-10-,16-13-/t18-,19-/m0/s1. The number of allylic oxidation sites excluding steroid dienone is 8. The van der Waals surface area contributed by atoms with E-state index in [1.165, 1.54) is 0 Å². The van der Waals surface area contributed by atoms with Gasteiger partial charge in [0.15, 0.2) is 0 Å². The Hall–Kier alpha value is -1.87. The molecule has 0 aliphatic carbocycles. The second kappa shape index (κ2) is 12.7. The Morgan fingerprint density at radius 1 is 1.17 bits per heavy atom. The molecule has 1 aliphatic rings. The van der Waals surface area contributed by atoms with Gasteiger partial charge in [-0.05, 0) is 38.2 Å². The molecule has 0 spiro atoms. The van der Waals surface area contributed by atoms with E-state index in [0.29, 0.717) is 12.8 Å². The summed E-state index contributed by atoms with van der Waals surface area (Å²) in [6.07, 6.45) is 22.8. The van der Waals surface area contributed by atoms with Crippen molar-refractivity contribution in [2.45, 2.75) is 57.7 Å². The summed E-state index contributed by atoms with van der Waals surface area (Å²) in [5.74, 6) is -0.249. The number of aliphatic hydroxyl groups is 1. The lowest BCUT2D eigenvalue weighted by Crippen LogP contribution is -2.29. The van der Waals surface area contributed by atoms with Gasteiger partial charge in [0.1, 0.15) is 6.10 Å². The maximum atomic E-state index is 11.7. The van der Waals surface area contributed by atoms with E-state index in [9.17, 15) is 9.90 Å². The van der Waals surface area contributed by atoms with Crippen LogP contribution in [0.3, 0.4) is 0 Å². The summed E-state index contributed by atoms with van der Waals surface area (Å²) in [6, 6.07) is 0. The van der Waals surface area contributed by atoms with Crippen LogP contribution < -0.4 is 0 Å². The van der Waals surface area contributed by atoms with E-state index >= 15 is 0 Å². The van der Waals surface area contributed by atoms with Crippen LogP contribution in [-0.4, -0.2) is 23.3 Å². The fourth-order valence-corrected chi connectivity index (χ4v) is 2.11. The predicted octanol–water partition coefficient (Wildman–Crippen LogP) is 4.41. The molecular weight excluding hydrogens is 288 g/mol. The fraction of sp³-hybridized carbons (Fsp3) is 0.450. The average Bonchev–Trinajstić information content (AvgIpc) is 2.54. The van der Waals surface area contributed by atoms with E-state index in [1.807, 2.05) is 36.5 Å². The number of carbonyl (C=O) groups is 1. The van der Waals surface area contributed by atoms with E-state index in [1.54, 1.807) is 6.08 Å². The van der Waals surface area contributed by atoms with Crippen LogP contribution in [0.15, 0.2) is 60.8 Å². The van der Waals surface area contributed by atoms with E-state index in [2.05, 4.69) is 25.2 Å². The molecule has 0 unspecified atom stereocenters. The first-order valence-electron chi connectivity index (χ1n) is 8.41. The zero-order chi connectivity index (χ0) is 16.8. The second-order valence-corrected chi connectivity index (χ2v) is 5.43. The SMILES string of the molecule is CC/C=C\C/C=C/C=C/C=C\[C@@H]1OC(=O)CCC/C=C\C[C@@H]1O. The largest absolute Gasteiger partial charge is 0.455 e. The summed E-state index contributed by atoms with van der Waals surface area (Å²) in [6.45, 7) is 2.11. The van der Waals surface area contributed by atoms with E-state index in [0.717, 1.165) is 25.7 Å². The highest BCUT2D eigenvalue weighted by Crippen LogP contribution is 2.12. The third kappa shape index (κ3) is 9.69. The summed E-state index contributed by atoms with van der Waals surface area (Å²) in [5, 5.41) is 10.1. The highest BCUT2D eigenvalue weighted by Gasteiger charge is 2.20. The smallest absolute Gasteiger partial charge is 0.306 e. The second-order valence-electron chi connectivity index (χ2n) is 5.43. The van der Waals surface area contributed by atoms with Crippen molar-refractivity contribution in [3.05, 3.63) is 60.8 Å². The molecule has 1 heterocycles. The molecule has 0 aromatic carbocycles. The molecule has 2 atom stereocenters. The minimum Gasteiger partial charge on any atom is -0.455 e. The first kappa shape index (κ1) is 19.2. The molecule has 23 heavy (non-hydrogen) atoms. The van der Waals surface area contributed by atoms with Crippen molar-refractivity contribution in [2.24, 2.45) is 0 Å². The molecule has 0 bridgehead atoms. The lowest BCUT2D eigenvalue weighted by atomic mass is 10.1. The normalized spacial score (nSPS) is 25.6. The van der Waals surface area contributed by atoms with Crippen LogP contribution in [0.2, 0.25) is 0 Å². The third-order valence-electron chi connectivity index (χ3n) is 3.39. The lowest BCUT2D eigenvalue weighted by molar-refractivity contribution is -0.151. The molecule has 0 aromatic heterocycles. The van der Waals surface area contributed by atoms with Gasteiger partial charge in [0, 0.05) is 6.42 Å². The number of aliphatic hydroxyl groups excluding tert-OH is 1. The zero-order valence-corrected chi connectivity index (χ0v) is 13.9. The minimum atomic E-state index is -0.701. The molecular formula is C20H28O3. The van der Waals surface area contributed by atoms with Crippen LogP contribution >= 0.6 is 0 Å². The minimum absolute atomic E-state index is 0.249. The first-order valence-corrected chi connectivity index (χ1v) is 8.41. The quantitative estimate of drug-likeness (QED) is 0.448. The summed E-state index contributed by atoms with van der Waals surface area (Å²) in [7, 11) is 0.